The summed E-state index contributed by atoms with van der Waals surface area (Å²) in [5.41, 5.74) is 22.3. The van der Waals surface area contributed by atoms with E-state index in [0.29, 0.717) is 71.4 Å². The molecule has 522 valence electrons. The molecule has 1 fully saturated rings. The number of aliphatic carboxylic acids is 4. The third-order valence-corrected chi connectivity index (χ3v) is 14.5. The van der Waals surface area contributed by atoms with E-state index in [-0.39, 0.29) is 93.2 Å². The van der Waals surface area contributed by atoms with Gasteiger partial charge in [-0.2, -0.15) is 0 Å². The number of para-hydroxylation sites is 2. The molecular weight excluding hydrogens is 1290 g/mol. The fourth-order valence-corrected chi connectivity index (χ4v) is 9.32. The second-order valence-electron chi connectivity index (χ2n) is 22.0. The van der Waals surface area contributed by atoms with Crippen LogP contribution < -0.4 is 22.5 Å². The molecule has 8 aromatic carbocycles. The van der Waals surface area contributed by atoms with E-state index in [0.717, 1.165) is 22.1 Å². The topological polar surface area (TPSA) is 560 Å². The molecule has 4 aliphatic rings. The standard InChI is InChI=1S/C10H8O4.C10H8O2.C9H9NO4.C9H11NO4.C9H9NO3.C9H11NO3.C8H11NO2.C6H6O2/c11-8-3-5-1-7(10(13)14)2-6(5)4-9(8)12;11-8-5-1-3-7-4-2-6-9(12)10(7)8;11-7-2-4-1-6(9(13)14)10-5(4)3-8(7)12;10-6(9(13)14)3-5-1-2-7(11)8(12)4-5;1-10-4-9(13)5-2-7(11)8(12)3-6(5)10;10-8(9(12)13)5-6-1-3-7(11)4-2-6;9-4-3-6-1-2-7(10)8(11)5-6;7-5-3-1-2-4-6(5)8/h1,3-4,11-12H,2H2,(H,13,14);1-6,11-12H;2-3,6,10-12H,1H2,(H,13,14);1-2,4,6,11-12H,3,10H2,(H,13,14);2-3,9,13H,4H2,1H3;1-4,8,11H,5,10H2,(H,12,13);1-2,5,10-11H,3-4,9H2;1-4,7-8H/t;;2*6-;;8-;;/m..00.0../s1. The van der Waals surface area contributed by atoms with E-state index in [1.165, 1.54) is 97.1 Å². The molecule has 1 unspecified atom stereocenters. The van der Waals surface area contributed by atoms with Gasteiger partial charge in [-0.05, 0) is 156 Å². The number of aliphatic hydroxyl groups is 1. The van der Waals surface area contributed by atoms with Crippen molar-refractivity contribution in [3.63, 3.8) is 0 Å². The summed E-state index contributed by atoms with van der Waals surface area (Å²) in [6.07, 6.45) is 5.08. The van der Waals surface area contributed by atoms with E-state index in [2.05, 4.69) is 5.32 Å². The molecule has 0 saturated carbocycles. The first-order valence-electron chi connectivity index (χ1n) is 29.4. The number of aromatic hydroxyl groups is 13. The molecular formula is C70H73N5O24. The maximum atomic E-state index is 11.0. The molecule has 4 atom stereocenters. The third-order valence-electron chi connectivity index (χ3n) is 14.5. The summed E-state index contributed by atoms with van der Waals surface area (Å²) in [4.78, 5) is 65.9. The number of hydrogen-bond acceptors (Lipinski definition) is 25. The van der Waals surface area contributed by atoms with Crippen molar-refractivity contribution < 1.29 is 121 Å². The van der Waals surface area contributed by atoms with E-state index >= 15 is 0 Å². The number of carbonyl (C=O) groups is 6. The van der Waals surface area contributed by atoms with Crippen LogP contribution in [0.4, 0.5) is 5.69 Å². The highest BCUT2D eigenvalue weighted by molar-refractivity contribution is 6.46. The number of phenolic OH excluding ortho intramolecular Hbond substituents is 13. The highest BCUT2D eigenvalue weighted by Gasteiger charge is 2.33. The van der Waals surface area contributed by atoms with Crippen LogP contribution in [0.1, 0.15) is 33.4 Å². The van der Waals surface area contributed by atoms with Gasteiger partial charge in [0, 0.05) is 61.1 Å². The quantitative estimate of drug-likeness (QED) is 0.0360. The van der Waals surface area contributed by atoms with Gasteiger partial charge in [-0.3, -0.25) is 19.2 Å². The fraction of sp³-hybridized carbons (Fsp3) is 0.171. The molecule has 0 radical (unpaired) electrons. The minimum atomic E-state index is -1.10. The third kappa shape index (κ3) is 22.7. The Labute approximate surface area is 563 Å². The van der Waals surface area contributed by atoms with Crippen LogP contribution >= 0.6 is 0 Å². The van der Waals surface area contributed by atoms with Crippen LogP contribution in [0.3, 0.4) is 0 Å². The van der Waals surface area contributed by atoms with E-state index in [1.54, 1.807) is 66.5 Å². The summed E-state index contributed by atoms with van der Waals surface area (Å²) in [6, 6.07) is 34.4. The Morgan fingerprint density at radius 2 is 0.970 bits per heavy atom. The number of nitrogens with one attached hydrogen (secondary N) is 1. The summed E-state index contributed by atoms with van der Waals surface area (Å²) >= 11 is 0. The minimum Gasteiger partial charge on any atom is -0.508 e. The maximum absolute atomic E-state index is 11.0. The van der Waals surface area contributed by atoms with Crippen LogP contribution in [-0.4, -0.2) is 177 Å². The molecule has 1 saturated heterocycles. The Morgan fingerprint density at radius 1 is 0.515 bits per heavy atom. The number of carbonyl (C=O) groups excluding carboxylic acids is 2. The number of hydrogen-bond donors (Lipinski definition) is 22. The highest BCUT2D eigenvalue weighted by Crippen LogP contribution is 2.38. The zero-order valence-electron chi connectivity index (χ0n) is 52.5. The summed E-state index contributed by atoms with van der Waals surface area (Å²) in [6.45, 7) is 0.989. The average molecular weight is 1370 g/mol. The maximum Gasteiger partial charge on any atom is 0.331 e. The van der Waals surface area contributed by atoms with Crippen molar-refractivity contribution in [2.75, 3.05) is 25.5 Å². The zero-order valence-corrected chi connectivity index (χ0v) is 52.5. The predicted molar refractivity (Wildman–Crippen MR) is 359 cm³/mol. The SMILES string of the molecule is CN1CC(O)C2=CC(=O)C(=O)C=C21.NCCc1ccc(O)c(O)c1.N[C@@H](Cc1ccc(O)c(O)c1)C(=O)O.N[C@@H](Cc1ccc(O)cc1)C(=O)O.O=C(O)C1=Cc2cc(O)c(O)cc2C1.O=C(O)[C@@H]1Cc2cc(O)c(O)cc2N1.Oc1cccc2cccc(O)c12.Oc1ccccc1O. The van der Waals surface area contributed by atoms with Gasteiger partial charge in [0.1, 0.15) is 35.4 Å². The number of phenols is 13. The summed E-state index contributed by atoms with van der Waals surface area (Å²) in [5.74, 6) is -6.48. The van der Waals surface area contributed by atoms with Crippen molar-refractivity contribution >= 4 is 58.0 Å². The van der Waals surface area contributed by atoms with Gasteiger partial charge < -0.3 is 119 Å². The van der Waals surface area contributed by atoms with E-state index in [1.807, 2.05) is 12.1 Å². The first-order chi connectivity index (χ1) is 46.7. The molecule has 12 rings (SSSR count). The molecule has 0 aromatic heterocycles. The number of likely N-dealkylation sites (N-methyl/N-ethyl adjacent to an activating group) is 1. The number of allylic oxidation sites excluding steroid dienone is 2. The van der Waals surface area contributed by atoms with Crippen molar-refractivity contribution in [1.29, 1.82) is 0 Å². The smallest absolute Gasteiger partial charge is 0.331 e. The van der Waals surface area contributed by atoms with Gasteiger partial charge in [0.05, 0.1) is 11.5 Å². The number of nitrogens with zero attached hydrogens (tertiary/aromatic N) is 1. The van der Waals surface area contributed by atoms with Gasteiger partial charge in [0.2, 0.25) is 11.6 Å². The van der Waals surface area contributed by atoms with Crippen LogP contribution in [0.15, 0.2) is 175 Å². The van der Waals surface area contributed by atoms with Gasteiger partial charge in [0.25, 0.3) is 0 Å². The Balaban J connectivity index is 0.000000205. The molecule has 25 N–H and O–H groups in total. The highest BCUT2D eigenvalue weighted by atomic mass is 16.4. The van der Waals surface area contributed by atoms with Crippen molar-refractivity contribution in [3.05, 3.63) is 208 Å². The first kappa shape index (κ1) is 77.0. The number of likely N-dealkylation sites (tertiary alicyclic amines) is 1. The van der Waals surface area contributed by atoms with E-state index < -0.39 is 59.7 Å². The molecule has 2 aliphatic heterocycles. The first-order valence-corrected chi connectivity index (χ1v) is 29.4. The van der Waals surface area contributed by atoms with Gasteiger partial charge in [0.15, 0.2) is 57.5 Å². The number of aliphatic hydroxyl groups excluding tert-OH is 1. The molecule has 2 heterocycles. The van der Waals surface area contributed by atoms with Crippen LogP contribution in [0.25, 0.3) is 16.8 Å². The molecule has 29 nitrogen and oxygen atoms in total. The Hall–Kier alpha value is -12.7. The second-order valence-corrected chi connectivity index (χ2v) is 22.0. The average Bonchev–Trinajstić information content (AvgIpc) is 1.66. The molecule has 29 heteroatoms. The van der Waals surface area contributed by atoms with Gasteiger partial charge in [-0.1, -0.05) is 60.7 Å². The van der Waals surface area contributed by atoms with Crippen LogP contribution in [0.2, 0.25) is 0 Å². The summed E-state index contributed by atoms with van der Waals surface area (Å²) in [7, 11) is 1.78. The zero-order chi connectivity index (χ0) is 73.5. The van der Waals surface area contributed by atoms with Crippen LogP contribution in [0.5, 0.6) is 74.7 Å². The molecule has 99 heavy (non-hydrogen) atoms. The number of carboxylic acids is 4. The van der Waals surface area contributed by atoms with Crippen molar-refractivity contribution in [1.82, 2.24) is 4.90 Å². The lowest BCUT2D eigenvalue weighted by atomic mass is 10.0. The summed E-state index contributed by atoms with van der Waals surface area (Å²) < 4.78 is 0. The van der Waals surface area contributed by atoms with Crippen molar-refractivity contribution in [3.8, 4) is 74.7 Å². The number of benzene rings is 8. The van der Waals surface area contributed by atoms with Crippen molar-refractivity contribution in [2.24, 2.45) is 17.2 Å². The van der Waals surface area contributed by atoms with Crippen molar-refractivity contribution in [2.45, 2.75) is 56.3 Å². The largest absolute Gasteiger partial charge is 0.508 e. The fourth-order valence-electron chi connectivity index (χ4n) is 9.32. The van der Waals surface area contributed by atoms with E-state index in [4.69, 9.17) is 73.4 Å². The number of ketones is 2. The number of fused-ring (bicyclic) bond motifs is 4. The van der Waals surface area contributed by atoms with Gasteiger partial charge >= 0.3 is 23.9 Å². The lowest BCUT2D eigenvalue weighted by molar-refractivity contribution is -0.139. The van der Waals surface area contributed by atoms with Crippen LogP contribution in [0, 0.1) is 0 Å². The lowest BCUT2D eigenvalue weighted by Gasteiger charge is -2.13. The Kier molecular flexibility index (Phi) is 27.8. The molecule has 2 aliphatic carbocycles. The predicted octanol–water partition coefficient (Wildman–Crippen LogP) is 5.24. The molecule has 0 amide bonds. The normalized spacial score (nSPS) is 14.6. The summed E-state index contributed by atoms with van der Waals surface area (Å²) in [5, 5.41) is 166. The Morgan fingerprint density at radius 3 is 1.46 bits per heavy atom. The molecule has 8 aromatic rings. The minimum absolute atomic E-state index is 0.0764. The number of rotatable bonds is 10. The molecule has 0 spiro atoms. The number of β-amino-alcohol motifs (C(OH)–C–C–N with tert-alkyl or cyclic N) is 1. The Bertz CT molecular complexity index is 4190. The molecule has 0 bridgehead atoms. The number of carboxylic acid groups (broad SMARTS) is 4. The number of anilines is 1. The lowest BCUT2D eigenvalue weighted by Crippen LogP contribution is -2.32. The van der Waals surface area contributed by atoms with Gasteiger partial charge in [-0.15, -0.1) is 0 Å². The van der Waals surface area contributed by atoms with E-state index in [9.17, 15) is 64.5 Å². The second kappa shape index (κ2) is 35.7. The number of nitrogens with two attached hydrogens (primary N) is 3. The monoisotopic (exact) mass is 1370 g/mol. The van der Waals surface area contributed by atoms with Gasteiger partial charge in [-0.25, -0.2) is 9.59 Å². The van der Waals surface area contributed by atoms with Crippen LogP contribution in [-0.2, 0) is 60.9 Å².